The average Bonchev–Trinajstić information content (AvgIpc) is 3.10. The van der Waals surface area contributed by atoms with Gasteiger partial charge in [0.2, 0.25) is 0 Å². The predicted molar refractivity (Wildman–Crippen MR) is 115 cm³/mol. The van der Waals surface area contributed by atoms with Gasteiger partial charge in [-0.25, -0.2) is 0 Å². The quantitative estimate of drug-likeness (QED) is 0.383. The number of Topliss-reactive ketones (excluding diaryl/α,β-unsaturated/α-hetero) is 2. The fraction of sp³-hybridized carbons (Fsp3) is 0.115. The van der Waals surface area contributed by atoms with Crippen molar-refractivity contribution < 1.29 is 29.0 Å². The van der Waals surface area contributed by atoms with E-state index in [0.717, 1.165) is 0 Å². The summed E-state index contributed by atoms with van der Waals surface area (Å²) in [5, 5.41) is 10.2. The van der Waals surface area contributed by atoms with Gasteiger partial charge in [-0.05, 0) is 29.8 Å². The van der Waals surface area contributed by atoms with Gasteiger partial charge >= 0.3 is 5.97 Å². The summed E-state index contributed by atoms with van der Waals surface area (Å²) in [6, 6.07) is 19.8. The number of carbonyl (C=O) groups is 3. The normalized spacial score (nSPS) is 19.3. The first kappa shape index (κ1) is 19.8. The van der Waals surface area contributed by atoms with Crippen LogP contribution in [0.1, 0.15) is 37.8 Å². The van der Waals surface area contributed by atoms with E-state index in [1.165, 1.54) is 19.2 Å². The number of ketones is 2. The van der Waals surface area contributed by atoms with Crippen molar-refractivity contribution >= 4 is 23.3 Å². The molecule has 6 heteroatoms. The maximum Gasteiger partial charge on any atom is 0.323 e. The first-order chi connectivity index (χ1) is 15.5. The number of phenols is 1. The number of ether oxygens (including phenoxy) is 2. The zero-order valence-electron chi connectivity index (χ0n) is 17.1. The number of benzene rings is 3. The molecule has 0 saturated heterocycles. The van der Waals surface area contributed by atoms with Gasteiger partial charge in [0.15, 0.2) is 11.6 Å². The molecule has 158 valence electrons. The molecule has 6 nitrogen and oxygen atoms in total. The second-order valence-corrected chi connectivity index (χ2v) is 7.65. The molecule has 0 bridgehead atoms. The molecule has 32 heavy (non-hydrogen) atoms. The zero-order valence-corrected chi connectivity index (χ0v) is 17.1. The van der Waals surface area contributed by atoms with Gasteiger partial charge in [0.05, 0.1) is 18.2 Å². The summed E-state index contributed by atoms with van der Waals surface area (Å²) in [6.07, 6.45) is 0. The fourth-order valence-corrected chi connectivity index (χ4v) is 4.41. The van der Waals surface area contributed by atoms with Crippen LogP contribution in [0, 0.1) is 5.92 Å². The summed E-state index contributed by atoms with van der Waals surface area (Å²) < 4.78 is 10.8. The van der Waals surface area contributed by atoms with Gasteiger partial charge in [0, 0.05) is 17.0 Å². The van der Waals surface area contributed by atoms with E-state index >= 15 is 0 Å². The summed E-state index contributed by atoms with van der Waals surface area (Å²) in [6.45, 7) is 0. The van der Waals surface area contributed by atoms with Crippen LogP contribution in [0.4, 0.5) is 0 Å². The minimum Gasteiger partial charge on any atom is -0.507 e. The monoisotopic (exact) mass is 426 g/mol. The molecule has 0 radical (unpaired) electrons. The van der Waals surface area contributed by atoms with Gasteiger partial charge in [-0.1, -0.05) is 48.5 Å². The van der Waals surface area contributed by atoms with Gasteiger partial charge in [0.1, 0.15) is 23.2 Å². The van der Waals surface area contributed by atoms with Gasteiger partial charge in [-0.3, -0.25) is 14.4 Å². The van der Waals surface area contributed by atoms with E-state index in [-0.39, 0.29) is 28.4 Å². The number of rotatable bonds is 4. The number of fused-ring (bicyclic) bond motifs is 2. The molecule has 0 spiro atoms. The Bertz CT molecular complexity index is 1300. The molecule has 0 saturated carbocycles. The third-order valence-corrected chi connectivity index (χ3v) is 5.93. The number of methoxy groups -OCH3 is 1. The number of esters is 1. The van der Waals surface area contributed by atoms with Crippen molar-refractivity contribution in [3.05, 3.63) is 101 Å². The third kappa shape index (κ3) is 2.92. The molecule has 1 heterocycles. The van der Waals surface area contributed by atoms with E-state index < -0.39 is 23.6 Å². The predicted octanol–water partition coefficient (Wildman–Crippen LogP) is 4.15. The number of hydrogen-bond donors (Lipinski definition) is 1. The molecular weight excluding hydrogens is 408 g/mol. The molecule has 3 aromatic rings. The molecule has 0 amide bonds. The molecule has 2 atom stereocenters. The Morgan fingerprint density at radius 2 is 1.56 bits per heavy atom. The maximum absolute atomic E-state index is 13.5. The molecule has 0 aromatic heterocycles. The van der Waals surface area contributed by atoms with Crippen LogP contribution in [0.2, 0.25) is 0 Å². The highest BCUT2D eigenvalue weighted by molar-refractivity contribution is 6.24. The smallest absolute Gasteiger partial charge is 0.323 e. The van der Waals surface area contributed by atoms with Crippen LogP contribution in [0.5, 0.6) is 11.5 Å². The van der Waals surface area contributed by atoms with Gasteiger partial charge in [-0.15, -0.1) is 0 Å². The SMILES string of the molecule is COc1ccc(C2C3=C(OC(=O)C2C(=O)c2ccccc2O)c2ccccc2C3=O)cc1. The highest BCUT2D eigenvalue weighted by Gasteiger charge is 2.50. The second kappa shape index (κ2) is 7.50. The first-order valence-electron chi connectivity index (χ1n) is 10.1. The molecule has 5 rings (SSSR count). The minimum absolute atomic E-state index is 0.0000261. The Kier molecular flexibility index (Phi) is 4.63. The number of phenolic OH excluding ortho intramolecular Hbond substituents is 1. The highest BCUT2D eigenvalue weighted by Crippen LogP contribution is 2.49. The van der Waals surface area contributed by atoms with Crippen LogP contribution >= 0.6 is 0 Å². The van der Waals surface area contributed by atoms with E-state index in [1.807, 2.05) is 0 Å². The Balaban J connectivity index is 1.70. The van der Waals surface area contributed by atoms with Crippen molar-refractivity contribution in [2.24, 2.45) is 5.92 Å². The second-order valence-electron chi connectivity index (χ2n) is 7.65. The molecule has 2 unspecified atom stereocenters. The Labute approximate surface area is 183 Å². The van der Waals surface area contributed by atoms with E-state index in [1.54, 1.807) is 60.7 Å². The van der Waals surface area contributed by atoms with Crippen molar-refractivity contribution in [3.63, 3.8) is 0 Å². The van der Waals surface area contributed by atoms with Crippen molar-refractivity contribution in [2.75, 3.05) is 7.11 Å². The fourth-order valence-electron chi connectivity index (χ4n) is 4.41. The molecule has 1 N–H and O–H groups in total. The molecule has 2 aliphatic rings. The van der Waals surface area contributed by atoms with Crippen LogP contribution in [-0.2, 0) is 9.53 Å². The largest absolute Gasteiger partial charge is 0.507 e. The lowest BCUT2D eigenvalue weighted by Gasteiger charge is -2.30. The van der Waals surface area contributed by atoms with Crippen molar-refractivity contribution in [1.29, 1.82) is 0 Å². The van der Waals surface area contributed by atoms with Crippen LogP contribution < -0.4 is 4.74 Å². The van der Waals surface area contributed by atoms with E-state index in [4.69, 9.17) is 9.47 Å². The summed E-state index contributed by atoms with van der Waals surface area (Å²) in [5.41, 5.74) is 1.84. The summed E-state index contributed by atoms with van der Waals surface area (Å²) >= 11 is 0. The maximum atomic E-state index is 13.5. The van der Waals surface area contributed by atoms with Gasteiger partial charge in [0.25, 0.3) is 0 Å². The lowest BCUT2D eigenvalue weighted by Crippen LogP contribution is -2.37. The van der Waals surface area contributed by atoms with E-state index in [2.05, 4.69) is 0 Å². The summed E-state index contributed by atoms with van der Waals surface area (Å²) in [5.74, 6) is -3.29. The lowest BCUT2D eigenvalue weighted by atomic mass is 9.74. The number of allylic oxidation sites excluding steroid dienone is 1. The topological polar surface area (TPSA) is 89.9 Å². The number of carbonyl (C=O) groups excluding carboxylic acids is 3. The Morgan fingerprint density at radius 3 is 2.25 bits per heavy atom. The number of hydrogen-bond acceptors (Lipinski definition) is 6. The van der Waals surface area contributed by atoms with Crippen LogP contribution in [0.25, 0.3) is 5.76 Å². The van der Waals surface area contributed by atoms with Crippen molar-refractivity contribution in [1.82, 2.24) is 0 Å². The van der Waals surface area contributed by atoms with E-state index in [9.17, 15) is 19.5 Å². The van der Waals surface area contributed by atoms with Gasteiger partial charge < -0.3 is 14.6 Å². The molecule has 0 fully saturated rings. The summed E-state index contributed by atoms with van der Waals surface area (Å²) in [4.78, 5) is 40.1. The standard InChI is InChI=1S/C26H18O6/c1-31-15-12-10-14(11-13-15)20-21-23(28)16-6-2-3-7-17(16)25(21)32-26(30)22(20)24(29)18-8-4-5-9-19(18)27/h2-13,20,22,27H,1H3. The highest BCUT2D eigenvalue weighted by atomic mass is 16.5. The Morgan fingerprint density at radius 1 is 0.906 bits per heavy atom. The number of aromatic hydroxyl groups is 1. The van der Waals surface area contributed by atoms with Crippen LogP contribution in [0.3, 0.4) is 0 Å². The van der Waals surface area contributed by atoms with Crippen LogP contribution in [0.15, 0.2) is 78.4 Å². The first-order valence-corrected chi connectivity index (χ1v) is 10.1. The lowest BCUT2D eigenvalue weighted by molar-refractivity contribution is -0.141. The molecule has 3 aromatic carbocycles. The average molecular weight is 426 g/mol. The number of para-hydroxylation sites is 1. The molecule has 1 aliphatic heterocycles. The van der Waals surface area contributed by atoms with Crippen LogP contribution in [-0.4, -0.2) is 29.8 Å². The Hall–Kier alpha value is -4.19. The molecular formula is C26H18O6. The zero-order chi connectivity index (χ0) is 22.4. The van der Waals surface area contributed by atoms with Gasteiger partial charge in [-0.2, -0.15) is 0 Å². The summed E-state index contributed by atoms with van der Waals surface area (Å²) in [7, 11) is 1.54. The van der Waals surface area contributed by atoms with Crippen molar-refractivity contribution in [2.45, 2.75) is 5.92 Å². The third-order valence-electron chi connectivity index (χ3n) is 5.93. The minimum atomic E-state index is -1.33. The molecule has 1 aliphatic carbocycles. The van der Waals surface area contributed by atoms with Crippen molar-refractivity contribution in [3.8, 4) is 11.5 Å². The van der Waals surface area contributed by atoms with E-state index in [0.29, 0.717) is 22.4 Å².